The highest BCUT2D eigenvalue weighted by atomic mass is 16.5. The minimum absolute atomic E-state index is 0.311. The number of pyridine rings is 1. The molecule has 1 aromatic heterocycles. The Morgan fingerprint density at radius 1 is 1.57 bits per heavy atom. The van der Waals surface area contributed by atoms with E-state index in [1.807, 2.05) is 6.07 Å². The van der Waals surface area contributed by atoms with E-state index < -0.39 is 0 Å². The number of hydrogen-bond donors (Lipinski definition) is 0. The fourth-order valence-corrected chi connectivity index (χ4v) is 1.33. The molecule has 1 heterocycles. The van der Waals surface area contributed by atoms with E-state index in [4.69, 9.17) is 0 Å². The molecule has 0 aliphatic heterocycles. The van der Waals surface area contributed by atoms with Crippen LogP contribution in [0.2, 0.25) is 0 Å². The van der Waals surface area contributed by atoms with E-state index in [1.165, 1.54) is 7.11 Å². The number of rotatable bonds is 3. The molecule has 76 valence electrons. The lowest BCUT2D eigenvalue weighted by Crippen LogP contribution is -2.08. The van der Waals surface area contributed by atoms with Crippen molar-refractivity contribution in [2.75, 3.05) is 7.11 Å². The van der Waals surface area contributed by atoms with Crippen LogP contribution in [0.4, 0.5) is 0 Å². The number of aromatic nitrogens is 1. The molecule has 0 aromatic carbocycles. The minimum atomic E-state index is -0.311. The standard InChI is InChI=1S/C11H15NO2/c1-8(2)6-9-4-5-12-7-10(9)11(13)14-3/h4-5,7-8H,6H2,1-3H3. The molecule has 0 spiro atoms. The first-order valence-electron chi connectivity index (χ1n) is 4.66. The van der Waals surface area contributed by atoms with Crippen molar-refractivity contribution in [3.8, 4) is 0 Å². The third kappa shape index (κ3) is 2.55. The largest absolute Gasteiger partial charge is 0.465 e. The highest BCUT2D eigenvalue weighted by Crippen LogP contribution is 2.13. The quantitative estimate of drug-likeness (QED) is 0.690. The lowest BCUT2D eigenvalue weighted by atomic mass is 10.00. The van der Waals surface area contributed by atoms with Crippen molar-refractivity contribution in [3.05, 3.63) is 29.6 Å². The number of carbonyl (C=O) groups excluding carboxylic acids is 1. The number of esters is 1. The molecule has 0 fully saturated rings. The van der Waals surface area contributed by atoms with Crippen molar-refractivity contribution in [2.45, 2.75) is 20.3 Å². The van der Waals surface area contributed by atoms with Gasteiger partial charge in [0.2, 0.25) is 0 Å². The van der Waals surface area contributed by atoms with E-state index in [-0.39, 0.29) is 5.97 Å². The van der Waals surface area contributed by atoms with Gasteiger partial charge in [0.1, 0.15) is 0 Å². The summed E-state index contributed by atoms with van der Waals surface area (Å²) < 4.78 is 4.68. The van der Waals surface area contributed by atoms with Gasteiger partial charge in [-0.25, -0.2) is 4.79 Å². The van der Waals surface area contributed by atoms with E-state index in [0.717, 1.165) is 12.0 Å². The number of ether oxygens (including phenoxy) is 1. The van der Waals surface area contributed by atoms with Gasteiger partial charge in [0.25, 0.3) is 0 Å². The van der Waals surface area contributed by atoms with Gasteiger partial charge in [-0.15, -0.1) is 0 Å². The molecule has 1 aromatic rings. The lowest BCUT2D eigenvalue weighted by molar-refractivity contribution is 0.0599. The van der Waals surface area contributed by atoms with Gasteiger partial charge in [0, 0.05) is 12.4 Å². The number of carbonyl (C=O) groups is 1. The van der Waals surface area contributed by atoms with Crippen molar-refractivity contribution in [3.63, 3.8) is 0 Å². The highest BCUT2D eigenvalue weighted by Gasteiger charge is 2.12. The Balaban J connectivity index is 2.97. The van der Waals surface area contributed by atoms with Crippen LogP contribution in [0.1, 0.15) is 29.8 Å². The van der Waals surface area contributed by atoms with Gasteiger partial charge in [-0.2, -0.15) is 0 Å². The summed E-state index contributed by atoms with van der Waals surface area (Å²) in [7, 11) is 1.38. The average molecular weight is 193 g/mol. The zero-order valence-corrected chi connectivity index (χ0v) is 8.78. The van der Waals surface area contributed by atoms with Crippen molar-refractivity contribution in [2.24, 2.45) is 5.92 Å². The highest BCUT2D eigenvalue weighted by molar-refractivity contribution is 5.90. The van der Waals surface area contributed by atoms with Gasteiger partial charge >= 0.3 is 5.97 Å². The van der Waals surface area contributed by atoms with Crippen molar-refractivity contribution >= 4 is 5.97 Å². The van der Waals surface area contributed by atoms with Crippen LogP contribution in [0, 0.1) is 5.92 Å². The summed E-state index contributed by atoms with van der Waals surface area (Å²) in [5, 5.41) is 0. The van der Waals surface area contributed by atoms with Gasteiger partial charge in [-0.05, 0) is 24.0 Å². The van der Waals surface area contributed by atoms with Crippen LogP contribution in [0.3, 0.4) is 0 Å². The molecule has 0 bridgehead atoms. The number of nitrogens with zero attached hydrogens (tertiary/aromatic N) is 1. The van der Waals surface area contributed by atoms with Gasteiger partial charge < -0.3 is 4.74 Å². The maximum atomic E-state index is 11.4. The summed E-state index contributed by atoms with van der Waals surface area (Å²) in [5.41, 5.74) is 1.57. The maximum absolute atomic E-state index is 11.4. The first kappa shape index (κ1) is 10.7. The predicted molar refractivity (Wildman–Crippen MR) is 54.1 cm³/mol. The third-order valence-electron chi connectivity index (χ3n) is 1.94. The molecule has 0 N–H and O–H groups in total. The van der Waals surface area contributed by atoms with Crippen molar-refractivity contribution < 1.29 is 9.53 Å². The Hall–Kier alpha value is -1.38. The lowest BCUT2D eigenvalue weighted by Gasteiger charge is -2.08. The van der Waals surface area contributed by atoms with Gasteiger partial charge in [0.05, 0.1) is 12.7 Å². The van der Waals surface area contributed by atoms with Gasteiger partial charge in [-0.1, -0.05) is 13.8 Å². The van der Waals surface area contributed by atoms with Crippen molar-refractivity contribution in [1.29, 1.82) is 0 Å². The molecule has 14 heavy (non-hydrogen) atoms. The van der Waals surface area contributed by atoms with Crippen LogP contribution in [0.5, 0.6) is 0 Å². The molecular formula is C11H15NO2. The molecule has 0 atom stereocenters. The first-order valence-corrected chi connectivity index (χ1v) is 4.66. The molecule has 3 heteroatoms. The Kier molecular flexibility index (Phi) is 3.63. The Labute approximate surface area is 84.1 Å². The molecule has 0 aliphatic rings. The van der Waals surface area contributed by atoms with Crippen LogP contribution in [-0.2, 0) is 11.2 Å². The molecule has 0 unspecified atom stereocenters. The normalized spacial score (nSPS) is 10.3. The maximum Gasteiger partial charge on any atom is 0.339 e. The van der Waals surface area contributed by atoms with Crippen LogP contribution in [-0.4, -0.2) is 18.1 Å². The summed E-state index contributed by atoms with van der Waals surface area (Å²) in [6, 6.07) is 1.87. The second-order valence-corrected chi connectivity index (χ2v) is 3.62. The number of hydrogen-bond acceptors (Lipinski definition) is 3. The third-order valence-corrected chi connectivity index (χ3v) is 1.94. The molecule has 0 saturated heterocycles. The zero-order chi connectivity index (χ0) is 10.6. The summed E-state index contributed by atoms with van der Waals surface area (Å²) in [6.45, 7) is 4.23. The fourth-order valence-electron chi connectivity index (χ4n) is 1.33. The van der Waals surface area contributed by atoms with Gasteiger partial charge in [-0.3, -0.25) is 4.98 Å². The van der Waals surface area contributed by atoms with Crippen LogP contribution in [0.25, 0.3) is 0 Å². The van der Waals surface area contributed by atoms with Crippen LogP contribution < -0.4 is 0 Å². The summed E-state index contributed by atoms with van der Waals surface area (Å²) in [5.74, 6) is 0.203. The monoisotopic (exact) mass is 193 g/mol. The van der Waals surface area contributed by atoms with Crippen LogP contribution in [0.15, 0.2) is 18.5 Å². The minimum Gasteiger partial charge on any atom is -0.465 e. The molecule has 0 amide bonds. The second-order valence-electron chi connectivity index (χ2n) is 3.62. The molecule has 0 radical (unpaired) electrons. The predicted octanol–water partition coefficient (Wildman–Crippen LogP) is 2.07. The summed E-state index contributed by atoms with van der Waals surface area (Å²) >= 11 is 0. The van der Waals surface area contributed by atoms with E-state index in [9.17, 15) is 4.79 Å². The Bertz CT molecular complexity index is 321. The molecule has 0 aliphatic carbocycles. The smallest absolute Gasteiger partial charge is 0.339 e. The Morgan fingerprint density at radius 2 is 2.29 bits per heavy atom. The zero-order valence-electron chi connectivity index (χ0n) is 8.78. The Morgan fingerprint density at radius 3 is 2.86 bits per heavy atom. The van der Waals surface area contributed by atoms with Gasteiger partial charge in [0.15, 0.2) is 0 Å². The van der Waals surface area contributed by atoms with E-state index in [0.29, 0.717) is 11.5 Å². The molecular weight excluding hydrogens is 178 g/mol. The molecule has 3 nitrogen and oxygen atoms in total. The van der Waals surface area contributed by atoms with E-state index >= 15 is 0 Å². The van der Waals surface area contributed by atoms with E-state index in [2.05, 4.69) is 23.6 Å². The summed E-state index contributed by atoms with van der Waals surface area (Å²) in [4.78, 5) is 15.3. The van der Waals surface area contributed by atoms with E-state index in [1.54, 1.807) is 12.4 Å². The second kappa shape index (κ2) is 4.74. The fraction of sp³-hybridized carbons (Fsp3) is 0.455. The SMILES string of the molecule is COC(=O)c1cnccc1CC(C)C. The topological polar surface area (TPSA) is 39.2 Å². The average Bonchev–Trinajstić information content (AvgIpc) is 2.16. The summed E-state index contributed by atoms with van der Waals surface area (Å²) in [6.07, 6.45) is 4.13. The molecule has 1 rings (SSSR count). The molecule has 0 saturated carbocycles. The van der Waals surface area contributed by atoms with Crippen molar-refractivity contribution in [1.82, 2.24) is 4.98 Å². The van der Waals surface area contributed by atoms with Crippen LogP contribution >= 0.6 is 0 Å². The first-order chi connectivity index (χ1) is 6.65. The number of methoxy groups -OCH3 is 1.